The lowest BCUT2D eigenvalue weighted by Gasteiger charge is -2.14. The van der Waals surface area contributed by atoms with Crippen LogP contribution in [0, 0.1) is 0 Å². The maximum absolute atomic E-state index is 12.3. The van der Waals surface area contributed by atoms with Gasteiger partial charge in [-0.1, -0.05) is 19.9 Å². The number of aryl methyl sites for hydroxylation is 1. The van der Waals surface area contributed by atoms with E-state index in [9.17, 15) is 13.2 Å². The zero-order valence-electron chi connectivity index (χ0n) is 12.1. The fraction of sp³-hybridized carbons (Fsp3) is 0.600. The predicted molar refractivity (Wildman–Crippen MR) is 73.8 cm³/mol. The van der Waals surface area contributed by atoms with Crippen molar-refractivity contribution in [2.45, 2.75) is 58.4 Å². The third-order valence-electron chi connectivity index (χ3n) is 3.01. The number of halogens is 3. The first-order chi connectivity index (χ1) is 9.17. The fourth-order valence-corrected chi connectivity index (χ4v) is 1.98. The SMILES string of the molecule is CC(C)c1cc(CCC[C@H](C)N)cc(OC(F)(F)F)c1. The van der Waals surface area contributed by atoms with Gasteiger partial charge in [0.2, 0.25) is 0 Å². The zero-order valence-corrected chi connectivity index (χ0v) is 12.1. The number of alkyl halides is 3. The van der Waals surface area contributed by atoms with E-state index in [1.54, 1.807) is 0 Å². The van der Waals surface area contributed by atoms with Crippen LogP contribution in [-0.4, -0.2) is 12.4 Å². The summed E-state index contributed by atoms with van der Waals surface area (Å²) in [6, 6.07) is 4.96. The summed E-state index contributed by atoms with van der Waals surface area (Å²) in [5.41, 5.74) is 7.38. The minimum absolute atomic E-state index is 0.106. The molecule has 0 fully saturated rings. The van der Waals surface area contributed by atoms with E-state index < -0.39 is 6.36 Å². The molecule has 0 saturated heterocycles. The standard InChI is InChI=1S/C15H22F3NO/c1-10(2)13-7-12(6-4-5-11(3)19)8-14(9-13)20-15(16,17)18/h7-11H,4-6,19H2,1-3H3/t11-/m0/s1. The minimum Gasteiger partial charge on any atom is -0.406 e. The van der Waals surface area contributed by atoms with Crippen LogP contribution in [0.25, 0.3) is 0 Å². The summed E-state index contributed by atoms with van der Waals surface area (Å²) in [6.45, 7) is 5.81. The van der Waals surface area contributed by atoms with Gasteiger partial charge < -0.3 is 10.5 Å². The lowest BCUT2D eigenvalue weighted by molar-refractivity contribution is -0.274. The van der Waals surface area contributed by atoms with E-state index in [0.717, 1.165) is 24.0 Å². The molecule has 0 amide bonds. The highest BCUT2D eigenvalue weighted by atomic mass is 19.4. The Kier molecular flexibility index (Phi) is 5.87. The van der Waals surface area contributed by atoms with Crippen molar-refractivity contribution in [3.8, 4) is 5.75 Å². The van der Waals surface area contributed by atoms with Crippen LogP contribution >= 0.6 is 0 Å². The van der Waals surface area contributed by atoms with Gasteiger partial charge in [0.1, 0.15) is 5.75 Å². The van der Waals surface area contributed by atoms with E-state index in [-0.39, 0.29) is 17.7 Å². The van der Waals surface area contributed by atoms with Crippen molar-refractivity contribution >= 4 is 0 Å². The Morgan fingerprint density at radius 1 is 1.15 bits per heavy atom. The van der Waals surface area contributed by atoms with Crippen LogP contribution < -0.4 is 10.5 Å². The molecule has 0 bridgehead atoms. The monoisotopic (exact) mass is 289 g/mol. The van der Waals surface area contributed by atoms with Crippen molar-refractivity contribution in [3.63, 3.8) is 0 Å². The third-order valence-corrected chi connectivity index (χ3v) is 3.01. The largest absolute Gasteiger partial charge is 0.573 e. The van der Waals surface area contributed by atoms with Crippen molar-refractivity contribution < 1.29 is 17.9 Å². The second-order valence-electron chi connectivity index (χ2n) is 5.48. The maximum atomic E-state index is 12.3. The molecule has 2 N–H and O–H groups in total. The quantitative estimate of drug-likeness (QED) is 0.843. The van der Waals surface area contributed by atoms with Gasteiger partial charge in [0.25, 0.3) is 0 Å². The number of hydrogen-bond acceptors (Lipinski definition) is 2. The molecule has 1 rings (SSSR count). The number of ether oxygens (including phenoxy) is 1. The predicted octanol–water partition coefficient (Wildman–Crippen LogP) is 4.38. The Morgan fingerprint density at radius 2 is 1.80 bits per heavy atom. The molecule has 1 aromatic rings. The Balaban J connectivity index is 2.87. The van der Waals surface area contributed by atoms with Crippen LogP contribution in [0.5, 0.6) is 5.75 Å². The van der Waals surface area contributed by atoms with Crippen LogP contribution in [0.1, 0.15) is 50.7 Å². The molecular formula is C15H22F3NO. The second-order valence-corrected chi connectivity index (χ2v) is 5.48. The van der Waals surface area contributed by atoms with Gasteiger partial charge in [-0.25, -0.2) is 0 Å². The molecule has 0 aliphatic heterocycles. The number of hydrogen-bond donors (Lipinski definition) is 1. The Hall–Kier alpha value is -1.23. The summed E-state index contributed by atoms with van der Waals surface area (Å²) >= 11 is 0. The Morgan fingerprint density at radius 3 is 2.30 bits per heavy atom. The normalized spacial score (nSPS) is 13.6. The van der Waals surface area contributed by atoms with Crippen LogP contribution in [0.2, 0.25) is 0 Å². The minimum atomic E-state index is -4.65. The summed E-state index contributed by atoms with van der Waals surface area (Å²) in [4.78, 5) is 0. The van der Waals surface area contributed by atoms with E-state index in [1.165, 1.54) is 12.1 Å². The molecule has 0 aliphatic carbocycles. The Labute approximate surface area is 118 Å². The zero-order chi connectivity index (χ0) is 15.3. The lowest BCUT2D eigenvalue weighted by Crippen LogP contribution is -2.17. The van der Waals surface area contributed by atoms with Crippen molar-refractivity contribution in [2.75, 3.05) is 0 Å². The van der Waals surface area contributed by atoms with Gasteiger partial charge in [-0.3, -0.25) is 0 Å². The molecule has 1 aromatic carbocycles. The molecule has 0 spiro atoms. The molecule has 0 aliphatic rings. The number of benzene rings is 1. The highest BCUT2D eigenvalue weighted by molar-refractivity contribution is 5.36. The molecule has 0 heterocycles. The molecule has 0 saturated carbocycles. The second kappa shape index (κ2) is 6.97. The highest BCUT2D eigenvalue weighted by Gasteiger charge is 2.31. The Bertz CT molecular complexity index is 428. The smallest absolute Gasteiger partial charge is 0.406 e. The topological polar surface area (TPSA) is 35.2 Å². The first kappa shape index (κ1) is 16.8. The van der Waals surface area contributed by atoms with Crippen molar-refractivity contribution in [1.82, 2.24) is 0 Å². The molecule has 0 unspecified atom stereocenters. The molecule has 0 aromatic heterocycles. The van der Waals surface area contributed by atoms with Crippen molar-refractivity contribution in [1.29, 1.82) is 0 Å². The van der Waals surface area contributed by atoms with Crippen LogP contribution in [0.15, 0.2) is 18.2 Å². The molecule has 114 valence electrons. The summed E-state index contributed by atoms with van der Waals surface area (Å²) < 4.78 is 41.0. The first-order valence-electron chi connectivity index (χ1n) is 6.82. The number of nitrogens with two attached hydrogens (primary N) is 1. The van der Waals surface area contributed by atoms with Gasteiger partial charge in [-0.2, -0.15) is 0 Å². The van der Waals surface area contributed by atoms with Gasteiger partial charge in [0.15, 0.2) is 0 Å². The molecule has 2 nitrogen and oxygen atoms in total. The van der Waals surface area contributed by atoms with Crippen LogP contribution in [0.4, 0.5) is 13.2 Å². The summed E-state index contributed by atoms with van der Waals surface area (Å²) in [7, 11) is 0. The third kappa shape index (κ3) is 6.28. The average Bonchev–Trinajstić information content (AvgIpc) is 2.25. The lowest BCUT2D eigenvalue weighted by atomic mass is 9.97. The van der Waals surface area contributed by atoms with Gasteiger partial charge >= 0.3 is 6.36 Å². The average molecular weight is 289 g/mol. The van der Waals surface area contributed by atoms with Crippen LogP contribution in [0.3, 0.4) is 0 Å². The van der Waals surface area contributed by atoms with E-state index in [0.29, 0.717) is 6.42 Å². The van der Waals surface area contributed by atoms with Gasteiger partial charge in [0, 0.05) is 6.04 Å². The van der Waals surface area contributed by atoms with Gasteiger partial charge in [-0.05, 0) is 55.4 Å². The van der Waals surface area contributed by atoms with Crippen molar-refractivity contribution in [2.24, 2.45) is 5.73 Å². The molecule has 5 heteroatoms. The number of rotatable bonds is 6. The van der Waals surface area contributed by atoms with Gasteiger partial charge in [0.05, 0.1) is 0 Å². The van der Waals surface area contributed by atoms with Gasteiger partial charge in [-0.15, -0.1) is 13.2 Å². The molecule has 20 heavy (non-hydrogen) atoms. The van der Waals surface area contributed by atoms with E-state index >= 15 is 0 Å². The van der Waals surface area contributed by atoms with Crippen molar-refractivity contribution in [3.05, 3.63) is 29.3 Å². The molecular weight excluding hydrogens is 267 g/mol. The fourth-order valence-electron chi connectivity index (χ4n) is 1.98. The van der Waals surface area contributed by atoms with Crippen LogP contribution in [-0.2, 0) is 6.42 Å². The summed E-state index contributed by atoms with van der Waals surface area (Å²) in [6.07, 6.45) is -2.25. The van der Waals surface area contributed by atoms with E-state index in [1.807, 2.05) is 26.8 Å². The maximum Gasteiger partial charge on any atom is 0.573 e. The van der Waals surface area contributed by atoms with E-state index in [4.69, 9.17) is 5.73 Å². The summed E-state index contributed by atoms with van der Waals surface area (Å²) in [5.74, 6) is 0.0125. The molecule has 0 radical (unpaired) electrons. The van der Waals surface area contributed by atoms with E-state index in [2.05, 4.69) is 4.74 Å². The molecule has 1 atom stereocenters. The first-order valence-corrected chi connectivity index (χ1v) is 6.82. The summed E-state index contributed by atoms with van der Waals surface area (Å²) in [5, 5.41) is 0. The highest BCUT2D eigenvalue weighted by Crippen LogP contribution is 2.28.